The van der Waals surface area contributed by atoms with Crippen LogP contribution in [0.3, 0.4) is 0 Å². The van der Waals surface area contributed by atoms with Gasteiger partial charge < -0.3 is 15.3 Å². The summed E-state index contributed by atoms with van der Waals surface area (Å²) >= 11 is 0. The van der Waals surface area contributed by atoms with Crippen LogP contribution in [-0.2, 0) is 14.1 Å². The number of urea groups is 1. The second-order valence-corrected chi connectivity index (χ2v) is 6.92. The normalized spacial score (nSPS) is 21.6. The Morgan fingerprint density at radius 2 is 2.12 bits per heavy atom. The quantitative estimate of drug-likeness (QED) is 0.862. The Balaban J connectivity index is 1.67. The number of amides is 2. The lowest BCUT2D eigenvalue weighted by molar-refractivity contribution is 0.195. The van der Waals surface area contributed by atoms with Gasteiger partial charge in [0.1, 0.15) is 0 Å². The third kappa shape index (κ3) is 3.53. The molecule has 25 heavy (non-hydrogen) atoms. The maximum Gasteiger partial charge on any atom is 0.317 e. The predicted molar refractivity (Wildman–Crippen MR) is 93.0 cm³/mol. The van der Waals surface area contributed by atoms with E-state index in [0.717, 1.165) is 16.8 Å². The number of rotatable bonds is 4. The standard InChI is InChI=1S/C17H26N6O2/c1-11(15-8-22(4)20-12(15)2)19-17(25)23-7-14(10-24)16(9-23)13-5-18-21(3)6-13/h5-6,8,11,14,16,24H,7,9-10H2,1-4H3,(H,19,25)/t11?,14-,16-/m0/s1. The molecule has 3 rings (SSSR count). The van der Waals surface area contributed by atoms with Crippen LogP contribution in [0.25, 0.3) is 0 Å². The molecule has 0 saturated carbocycles. The summed E-state index contributed by atoms with van der Waals surface area (Å²) in [5, 5.41) is 21.3. The molecule has 136 valence electrons. The number of carbonyl (C=O) groups is 1. The smallest absolute Gasteiger partial charge is 0.317 e. The lowest BCUT2D eigenvalue weighted by Gasteiger charge is -2.21. The number of carbonyl (C=O) groups excluding carboxylic acids is 1. The van der Waals surface area contributed by atoms with Crippen LogP contribution in [0.15, 0.2) is 18.6 Å². The Bertz CT molecular complexity index is 752. The molecule has 1 saturated heterocycles. The van der Waals surface area contributed by atoms with Gasteiger partial charge in [-0.2, -0.15) is 10.2 Å². The average molecular weight is 346 g/mol. The first-order valence-corrected chi connectivity index (χ1v) is 8.54. The molecular formula is C17H26N6O2. The maximum atomic E-state index is 12.7. The van der Waals surface area contributed by atoms with E-state index in [-0.39, 0.29) is 30.5 Å². The molecule has 2 aromatic rings. The Hall–Kier alpha value is -2.35. The van der Waals surface area contributed by atoms with Crippen LogP contribution >= 0.6 is 0 Å². The summed E-state index contributed by atoms with van der Waals surface area (Å²) in [6.45, 7) is 5.08. The lowest BCUT2D eigenvalue weighted by atomic mass is 9.92. The topological polar surface area (TPSA) is 88.2 Å². The van der Waals surface area contributed by atoms with E-state index in [0.29, 0.717) is 13.1 Å². The van der Waals surface area contributed by atoms with E-state index < -0.39 is 0 Å². The molecule has 0 aliphatic carbocycles. The molecule has 1 aliphatic heterocycles. The van der Waals surface area contributed by atoms with Gasteiger partial charge in [-0.1, -0.05) is 0 Å². The largest absolute Gasteiger partial charge is 0.396 e. The SMILES string of the molecule is Cc1nn(C)cc1C(C)NC(=O)N1C[C@@H](CO)[C@H](c2cnn(C)c2)C1. The second-order valence-electron chi connectivity index (χ2n) is 6.92. The summed E-state index contributed by atoms with van der Waals surface area (Å²) in [7, 11) is 3.74. The van der Waals surface area contributed by atoms with Crippen molar-refractivity contribution in [1.29, 1.82) is 0 Å². The van der Waals surface area contributed by atoms with Gasteiger partial charge in [-0.25, -0.2) is 4.79 Å². The number of aliphatic hydroxyl groups excluding tert-OH is 1. The number of nitrogens with one attached hydrogen (secondary N) is 1. The summed E-state index contributed by atoms with van der Waals surface area (Å²) in [5.41, 5.74) is 2.99. The molecule has 3 atom stereocenters. The van der Waals surface area contributed by atoms with Crippen molar-refractivity contribution in [2.24, 2.45) is 20.0 Å². The van der Waals surface area contributed by atoms with Crippen molar-refractivity contribution in [2.45, 2.75) is 25.8 Å². The van der Waals surface area contributed by atoms with E-state index in [1.807, 2.05) is 46.5 Å². The van der Waals surface area contributed by atoms with E-state index >= 15 is 0 Å². The summed E-state index contributed by atoms with van der Waals surface area (Å²) in [6, 6.07) is -0.230. The van der Waals surface area contributed by atoms with Gasteiger partial charge in [0.2, 0.25) is 0 Å². The first-order chi connectivity index (χ1) is 11.9. The Kier molecular flexibility index (Phi) is 4.80. The van der Waals surface area contributed by atoms with Gasteiger partial charge in [0.25, 0.3) is 0 Å². The van der Waals surface area contributed by atoms with Crippen LogP contribution in [0.5, 0.6) is 0 Å². The molecule has 0 aromatic carbocycles. The first-order valence-electron chi connectivity index (χ1n) is 8.54. The van der Waals surface area contributed by atoms with Crippen LogP contribution < -0.4 is 5.32 Å². The van der Waals surface area contributed by atoms with Gasteiger partial charge in [0.05, 0.1) is 17.9 Å². The zero-order chi connectivity index (χ0) is 18.1. The van der Waals surface area contributed by atoms with Crippen LogP contribution in [0.2, 0.25) is 0 Å². The Labute approximate surface area is 147 Å². The molecular weight excluding hydrogens is 320 g/mol. The van der Waals surface area contributed by atoms with Gasteiger partial charge >= 0.3 is 6.03 Å². The third-order valence-electron chi connectivity index (χ3n) is 4.97. The van der Waals surface area contributed by atoms with E-state index in [1.54, 1.807) is 14.3 Å². The molecule has 8 heteroatoms. The molecule has 2 amide bonds. The molecule has 2 aromatic heterocycles. The minimum atomic E-state index is -0.119. The van der Waals surface area contributed by atoms with Crippen molar-refractivity contribution >= 4 is 6.03 Å². The van der Waals surface area contributed by atoms with Crippen molar-refractivity contribution in [3.05, 3.63) is 35.4 Å². The van der Waals surface area contributed by atoms with Crippen molar-refractivity contribution in [1.82, 2.24) is 29.8 Å². The number of aromatic nitrogens is 4. The van der Waals surface area contributed by atoms with E-state index in [1.165, 1.54) is 0 Å². The molecule has 0 bridgehead atoms. The highest BCUT2D eigenvalue weighted by atomic mass is 16.3. The molecule has 0 spiro atoms. The van der Waals surface area contributed by atoms with Crippen molar-refractivity contribution in [2.75, 3.05) is 19.7 Å². The van der Waals surface area contributed by atoms with Crippen LogP contribution in [0, 0.1) is 12.8 Å². The first kappa shape index (κ1) is 17.5. The Morgan fingerprint density at radius 3 is 2.68 bits per heavy atom. The maximum absolute atomic E-state index is 12.7. The molecule has 0 radical (unpaired) electrons. The van der Waals surface area contributed by atoms with Crippen molar-refractivity contribution in [3.63, 3.8) is 0 Å². The van der Waals surface area contributed by atoms with Gasteiger partial charge in [0, 0.05) is 63.6 Å². The summed E-state index contributed by atoms with van der Waals surface area (Å²) in [5.74, 6) is 0.144. The highest BCUT2D eigenvalue weighted by Gasteiger charge is 2.36. The number of aryl methyl sites for hydroxylation is 3. The molecule has 1 aliphatic rings. The number of likely N-dealkylation sites (tertiary alicyclic amines) is 1. The molecule has 3 heterocycles. The summed E-state index contributed by atoms with van der Waals surface area (Å²) < 4.78 is 3.50. The lowest BCUT2D eigenvalue weighted by Crippen LogP contribution is -2.40. The van der Waals surface area contributed by atoms with Gasteiger partial charge in [-0.15, -0.1) is 0 Å². The van der Waals surface area contributed by atoms with Gasteiger partial charge in [-0.05, 0) is 19.4 Å². The van der Waals surface area contributed by atoms with Crippen molar-refractivity contribution in [3.8, 4) is 0 Å². The monoisotopic (exact) mass is 346 g/mol. The van der Waals surface area contributed by atoms with Crippen molar-refractivity contribution < 1.29 is 9.90 Å². The fourth-order valence-corrected chi connectivity index (χ4v) is 3.63. The minimum Gasteiger partial charge on any atom is -0.396 e. The predicted octanol–water partition coefficient (Wildman–Crippen LogP) is 0.941. The van der Waals surface area contributed by atoms with Gasteiger partial charge in [-0.3, -0.25) is 9.36 Å². The third-order valence-corrected chi connectivity index (χ3v) is 4.97. The zero-order valence-corrected chi connectivity index (χ0v) is 15.2. The number of hydrogen-bond acceptors (Lipinski definition) is 4. The fourth-order valence-electron chi connectivity index (χ4n) is 3.63. The Morgan fingerprint density at radius 1 is 1.36 bits per heavy atom. The van der Waals surface area contributed by atoms with E-state index in [2.05, 4.69) is 15.5 Å². The molecule has 1 fully saturated rings. The van der Waals surface area contributed by atoms with Gasteiger partial charge in [0.15, 0.2) is 0 Å². The minimum absolute atomic E-state index is 0.0328. The number of hydrogen-bond donors (Lipinski definition) is 2. The van der Waals surface area contributed by atoms with E-state index in [4.69, 9.17) is 0 Å². The molecule has 2 N–H and O–H groups in total. The average Bonchev–Trinajstić information content (AvgIpc) is 3.25. The fraction of sp³-hybridized carbons (Fsp3) is 0.588. The summed E-state index contributed by atoms with van der Waals surface area (Å²) in [4.78, 5) is 14.5. The number of aliphatic hydroxyl groups is 1. The molecule has 8 nitrogen and oxygen atoms in total. The van der Waals surface area contributed by atoms with Crippen LogP contribution in [-0.4, -0.2) is 55.3 Å². The highest BCUT2D eigenvalue weighted by molar-refractivity contribution is 5.75. The van der Waals surface area contributed by atoms with E-state index in [9.17, 15) is 9.90 Å². The highest BCUT2D eigenvalue weighted by Crippen LogP contribution is 2.32. The molecule has 1 unspecified atom stereocenters. The zero-order valence-electron chi connectivity index (χ0n) is 15.2. The number of nitrogens with zero attached hydrogens (tertiary/aromatic N) is 5. The second kappa shape index (κ2) is 6.87. The van der Waals surface area contributed by atoms with Crippen LogP contribution in [0.4, 0.5) is 4.79 Å². The van der Waals surface area contributed by atoms with Crippen LogP contribution in [0.1, 0.15) is 35.7 Å². The summed E-state index contributed by atoms with van der Waals surface area (Å²) in [6.07, 6.45) is 5.70.